The molecule has 11 heteroatoms. The first kappa shape index (κ1) is 15.6. The van der Waals surface area contributed by atoms with Gasteiger partial charge in [0.2, 0.25) is 11.8 Å². The van der Waals surface area contributed by atoms with Gasteiger partial charge in [0.1, 0.15) is 12.6 Å². The third-order valence-electron chi connectivity index (χ3n) is 3.75. The van der Waals surface area contributed by atoms with Crippen LogP contribution in [0, 0.1) is 6.92 Å². The Labute approximate surface area is 134 Å². The zero-order valence-electron chi connectivity index (χ0n) is 13.3. The molecule has 0 saturated carbocycles. The molecule has 3 rings (SSSR count). The summed E-state index contributed by atoms with van der Waals surface area (Å²) in [7, 11) is 1.48. The maximum absolute atomic E-state index is 12.8. The maximum Gasteiger partial charge on any atom is 0.332 e. The molecule has 0 saturated heterocycles. The highest BCUT2D eigenvalue weighted by Crippen LogP contribution is 2.12. The first-order valence-corrected chi connectivity index (χ1v) is 7.06. The van der Waals surface area contributed by atoms with Crippen LogP contribution in [0.25, 0.3) is 11.2 Å². The van der Waals surface area contributed by atoms with E-state index in [2.05, 4.69) is 15.1 Å². The summed E-state index contributed by atoms with van der Waals surface area (Å²) in [6, 6.07) is -0.792. The summed E-state index contributed by atoms with van der Waals surface area (Å²) >= 11 is 0. The fraction of sp³-hybridized carbons (Fsp3) is 0.385. The van der Waals surface area contributed by atoms with E-state index in [0.29, 0.717) is 5.82 Å². The topological polar surface area (TPSA) is 144 Å². The number of amides is 1. The third kappa shape index (κ3) is 2.30. The summed E-state index contributed by atoms with van der Waals surface area (Å²) in [4.78, 5) is 44.7. The zero-order chi connectivity index (χ0) is 17.6. The van der Waals surface area contributed by atoms with Crippen molar-refractivity contribution >= 4 is 17.1 Å². The van der Waals surface area contributed by atoms with Crippen LogP contribution in [-0.2, 0) is 18.4 Å². The van der Waals surface area contributed by atoms with Crippen molar-refractivity contribution in [1.82, 2.24) is 28.8 Å². The highest BCUT2D eigenvalue weighted by atomic mass is 16.5. The van der Waals surface area contributed by atoms with Crippen molar-refractivity contribution in [2.45, 2.75) is 26.4 Å². The number of hydrogen-bond donors (Lipinski definition) is 1. The van der Waals surface area contributed by atoms with Gasteiger partial charge in [0, 0.05) is 7.05 Å². The van der Waals surface area contributed by atoms with E-state index in [0.717, 1.165) is 4.57 Å². The van der Waals surface area contributed by atoms with E-state index in [1.807, 2.05) is 0 Å². The van der Waals surface area contributed by atoms with Crippen LogP contribution in [0.3, 0.4) is 0 Å². The molecular formula is C13H15N7O4. The molecule has 11 nitrogen and oxygen atoms in total. The second kappa shape index (κ2) is 5.44. The van der Waals surface area contributed by atoms with Crippen molar-refractivity contribution in [3.05, 3.63) is 38.9 Å². The highest BCUT2D eigenvalue weighted by molar-refractivity contribution is 5.81. The molecule has 0 aromatic carbocycles. The zero-order valence-corrected chi connectivity index (χ0v) is 13.3. The van der Waals surface area contributed by atoms with Gasteiger partial charge in [-0.1, -0.05) is 5.16 Å². The Balaban J connectivity index is 2.27. The number of fused-ring (bicyclic) bond motifs is 1. The smallest absolute Gasteiger partial charge is 0.332 e. The Hall–Kier alpha value is -3.24. The lowest BCUT2D eigenvalue weighted by atomic mass is 10.3. The highest BCUT2D eigenvalue weighted by Gasteiger charge is 2.22. The summed E-state index contributed by atoms with van der Waals surface area (Å²) in [6.07, 6.45) is 1.31. The number of carbonyl (C=O) groups excluding carboxylic acids is 1. The summed E-state index contributed by atoms with van der Waals surface area (Å²) in [5, 5.41) is 3.63. The molecule has 2 N–H and O–H groups in total. The average molecular weight is 333 g/mol. The molecule has 0 spiro atoms. The number of hydrogen-bond acceptors (Lipinski definition) is 7. The normalized spacial score (nSPS) is 12.6. The number of aromatic nitrogens is 6. The van der Waals surface area contributed by atoms with Gasteiger partial charge in [-0.3, -0.25) is 14.2 Å². The molecule has 0 aliphatic rings. The van der Waals surface area contributed by atoms with E-state index in [9.17, 15) is 14.4 Å². The number of primary amides is 1. The number of nitrogens with two attached hydrogens (primary N) is 1. The van der Waals surface area contributed by atoms with Crippen LogP contribution in [0.4, 0.5) is 0 Å². The molecule has 0 aliphatic heterocycles. The fourth-order valence-electron chi connectivity index (χ4n) is 2.40. The van der Waals surface area contributed by atoms with E-state index in [1.165, 1.54) is 22.5 Å². The summed E-state index contributed by atoms with van der Waals surface area (Å²) in [5.41, 5.74) is 4.36. The fourth-order valence-corrected chi connectivity index (χ4v) is 2.40. The quantitative estimate of drug-likeness (QED) is 0.623. The molecule has 0 bridgehead atoms. The van der Waals surface area contributed by atoms with E-state index < -0.39 is 23.2 Å². The van der Waals surface area contributed by atoms with Crippen LogP contribution in [-0.4, -0.2) is 34.7 Å². The molecule has 126 valence electrons. The Morgan fingerprint density at radius 1 is 1.42 bits per heavy atom. The first-order chi connectivity index (χ1) is 11.3. The SMILES string of the molecule is Cc1noc(Cn2c(=O)c3c(ncn3[C@@H](C)C(N)=O)n(C)c2=O)n1. The van der Waals surface area contributed by atoms with Gasteiger partial charge in [-0.25, -0.2) is 14.3 Å². The second-order valence-electron chi connectivity index (χ2n) is 5.37. The minimum atomic E-state index is -0.792. The van der Waals surface area contributed by atoms with Crippen LogP contribution < -0.4 is 17.0 Å². The van der Waals surface area contributed by atoms with Crippen molar-refractivity contribution in [3.63, 3.8) is 0 Å². The van der Waals surface area contributed by atoms with Crippen molar-refractivity contribution in [1.29, 1.82) is 0 Å². The van der Waals surface area contributed by atoms with E-state index in [4.69, 9.17) is 10.3 Å². The van der Waals surface area contributed by atoms with Gasteiger partial charge in [0.15, 0.2) is 17.0 Å². The number of imidazole rings is 1. The molecule has 0 unspecified atom stereocenters. The Morgan fingerprint density at radius 2 is 2.12 bits per heavy atom. The number of carbonyl (C=O) groups is 1. The van der Waals surface area contributed by atoms with Crippen molar-refractivity contribution in [2.75, 3.05) is 0 Å². The van der Waals surface area contributed by atoms with Crippen molar-refractivity contribution < 1.29 is 9.32 Å². The Morgan fingerprint density at radius 3 is 2.71 bits per heavy atom. The molecular weight excluding hydrogens is 318 g/mol. The van der Waals surface area contributed by atoms with Gasteiger partial charge in [-0.2, -0.15) is 4.98 Å². The van der Waals surface area contributed by atoms with Gasteiger partial charge in [-0.05, 0) is 13.8 Å². The summed E-state index contributed by atoms with van der Waals surface area (Å²) in [6.45, 7) is 2.98. The molecule has 3 aromatic heterocycles. The summed E-state index contributed by atoms with van der Waals surface area (Å²) in [5.74, 6) is -0.106. The van der Waals surface area contributed by atoms with Gasteiger partial charge >= 0.3 is 5.69 Å². The van der Waals surface area contributed by atoms with Gasteiger partial charge in [0.25, 0.3) is 5.56 Å². The van der Waals surface area contributed by atoms with Gasteiger partial charge in [-0.15, -0.1) is 0 Å². The van der Waals surface area contributed by atoms with Crippen LogP contribution in [0.5, 0.6) is 0 Å². The van der Waals surface area contributed by atoms with Crippen LogP contribution in [0.2, 0.25) is 0 Å². The van der Waals surface area contributed by atoms with Crippen LogP contribution >= 0.6 is 0 Å². The lowest BCUT2D eigenvalue weighted by molar-refractivity contribution is -0.120. The summed E-state index contributed by atoms with van der Waals surface area (Å²) < 4.78 is 8.46. The number of rotatable bonds is 4. The minimum Gasteiger partial charge on any atom is -0.368 e. The monoisotopic (exact) mass is 333 g/mol. The van der Waals surface area contributed by atoms with Crippen LogP contribution in [0.15, 0.2) is 20.4 Å². The van der Waals surface area contributed by atoms with E-state index >= 15 is 0 Å². The predicted octanol–water partition coefficient (Wildman–Crippen LogP) is -1.32. The molecule has 0 fully saturated rings. The average Bonchev–Trinajstić information content (AvgIpc) is 3.15. The largest absolute Gasteiger partial charge is 0.368 e. The minimum absolute atomic E-state index is 0.0969. The molecule has 3 heterocycles. The molecule has 24 heavy (non-hydrogen) atoms. The van der Waals surface area contributed by atoms with Gasteiger partial charge < -0.3 is 14.8 Å². The molecule has 3 aromatic rings. The Kier molecular flexibility index (Phi) is 3.55. The standard InChI is InChI=1S/C13H15N7O4/c1-6(10(14)21)20-5-15-11-9(20)12(22)19(13(23)18(11)3)4-8-16-7(2)17-24-8/h5-6H,4H2,1-3H3,(H2,14,21)/t6-/m0/s1. The predicted molar refractivity (Wildman–Crippen MR) is 81.3 cm³/mol. The molecule has 1 amide bonds. The van der Waals surface area contributed by atoms with E-state index in [1.54, 1.807) is 13.8 Å². The van der Waals surface area contributed by atoms with Crippen LogP contribution in [0.1, 0.15) is 24.7 Å². The third-order valence-corrected chi connectivity index (χ3v) is 3.75. The molecule has 0 aliphatic carbocycles. The molecule has 0 radical (unpaired) electrons. The molecule has 1 atom stereocenters. The number of aryl methyl sites for hydroxylation is 2. The van der Waals surface area contributed by atoms with E-state index in [-0.39, 0.29) is 23.6 Å². The maximum atomic E-state index is 12.8. The number of nitrogens with zero attached hydrogens (tertiary/aromatic N) is 6. The van der Waals surface area contributed by atoms with Gasteiger partial charge in [0.05, 0.1) is 6.33 Å². The van der Waals surface area contributed by atoms with Crippen molar-refractivity contribution in [2.24, 2.45) is 12.8 Å². The van der Waals surface area contributed by atoms with Crippen molar-refractivity contribution in [3.8, 4) is 0 Å². The lowest BCUT2D eigenvalue weighted by Crippen LogP contribution is -2.40. The second-order valence-corrected chi connectivity index (χ2v) is 5.37. The first-order valence-electron chi connectivity index (χ1n) is 7.06. The lowest BCUT2D eigenvalue weighted by Gasteiger charge is -2.11. The Bertz CT molecular complexity index is 1050.